The van der Waals surface area contributed by atoms with Crippen molar-refractivity contribution in [1.82, 2.24) is 9.78 Å². The standard InChI is InChI=1S/C18H16N2O2/c1-13-10-14(8-9-17(13)22-2)18-15(12-21)11-20(19-18)16-6-4-3-5-7-16/h3-12H,1-2H3. The lowest BCUT2D eigenvalue weighted by atomic mass is 10.1. The van der Waals surface area contributed by atoms with Crippen LogP contribution in [0.1, 0.15) is 15.9 Å². The summed E-state index contributed by atoms with van der Waals surface area (Å²) in [6, 6.07) is 15.5. The number of carbonyl (C=O) groups is 1. The second-order valence-corrected chi connectivity index (χ2v) is 5.02. The van der Waals surface area contributed by atoms with Crippen molar-refractivity contribution in [3.63, 3.8) is 0 Å². The summed E-state index contributed by atoms with van der Waals surface area (Å²) in [5.74, 6) is 0.818. The minimum atomic E-state index is 0.563. The number of aldehydes is 1. The maximum atomic E-state index is 11.4. The van der Waals surface area contributed by atoms with Gasteiger partial charge < -0.3 is 4.74 Å². The Balaban J connectivity index is 2.09. The van der Waals surface area contributed by atoms with Gasteiger partial charge in [-0.2, -0.15) is 5.10 Å². The van der Waals surface area contributed by atoms with E-state index >= 15 is 0 Å². The topological polar surface area (TPSA) is 44.1 Å². The molecule has 0 aliphatic heterocycles. The largest absolute Gasteiger partial charge is 0.496 e. The fraction of sp³-hybridized carbons (Fsp3) is 0.111. The normalized spacial score (nSPS) is 10.5. The van der Waals surface area contributed by atoms with Crippen LogP contribution in [0.4, 0.5) is 0 Å². The van der Waals surface area contributed by atoms with E-state index in [1.807, 2.05) is 55.5 Å². The first-order valence-electron chi connectivity index (χ1n) is 6.98. The molecule has 0 aliphatic rings. The number of aromatic nitrogens is 2. The van der Waals surface area contributed by atoms with E-state index in [1.54, 1.807) is 18.0 Å². The second kappa shape index (κ2) is 5.85. The van der Waals surface area contributed by atoms with Gasteiger partial charge >= 0.3 is 0 Å². The van der Waals surface area contributed by atoms with Crippen molar-refractivity contribution in [1.29, 1.82) is 0 Å². The van der Waals surface area contributed by atoms with Gasteiger partial charge in [-0.3, -0.25) is 4.79 Å². The molecule has 1 aromatic heterocycles. The molecule has 1 heterocycles. The van der Waals surface area contributed by atoms with E-state index < -0.39 is 0 Å². The maximum absolute atomic E-state index is 11.4. The molecular weight excluding hydrogens is 276 g/mol. The SMILES string of the molecule is COc1ccc(-c2nn(-c3ccccc3)cc2C=O)cc1C. The van der Waals surface area contributed by atoms with Crippen LogP contribution in [0.25, 0.3) is 16.9 Å². The third-order valence-corrected chi connectivity index (χ3v) is 3.56. The van der Waals surface area contributed by atoms with Crippen LogP contribution in [0.3, 0.4) is 0 Å². The first-order valence-corrected chi connectivity index (χ1v) is 6.98. The minimum Gasteiger partial charge on any atom is -0.496 e. The summed E-state index contributed by atoms with van der Waals surface area (Å²) >= 11 is 0. The lowest BCUT2D eigenvalue weighted by molar-refractivity contribution is 0.112. The number of hydrogen-bond donors (Lipinski definition) is 0. The molecule has 0 unspecified atom stereocenters. The molecule has 22 heavy (non-hydrogen) atoms. The van der Waals surface area contributed by atoms with Crippen molar-refractivity contribution in [3.05, 3.63) is 65.9 Å². The molecule has 4 heteroatoms. The molecule has 0 bridgehead atoms. The van der Waals surface area contributed by atoms with Crippen LogP contribution < -0.4 is 4.74 Å². The Morgan fingerprint density at radius 1 is 1.14 bits per heavy atom. The van der Waals surface area contributed by atoms with Crippen molar-refractivity contribution in [2.45, 2.75) is 6.92 Å². The molecule has 0 saturated heterocycles. The summed E-state index contributed by atoms with van der Waals surface area (Å²) in [6.45, 7) is 1.97. The zero-order chi connectivity index (χ0) is 15.5. The molecule has 0 radical (unpaired) electrons. The van der Waals surface area contributed by atoms with Crippen molar-refractivity contribution in [3.8, 4) is 22.7 Å². The molecule has 110 valence electrons. The fourth-order valence-corrected chi connectivity index (χ4v) is 2.44. The van der Waals surface area contributed by atoms with Crippen molar-refractivity contribution >= 4 is 6.29 Å². The Kier molecular flexibility index (Phi) is 3.74. The van der Waals surface area contributed by atoms with E-state index in [4.69, 9.17) is 4.74 Å². The Labute approximate surface area is 129 Å². The van der Waals surface area contributed by atoms with Gasteiger partial charge in [0.2, 0.25) is 0 Å². The van der Waals surface area contributed by atoms with Crippen molar-refractivity contribution in [2.24, 2.45) is 0 Å². The summed E-state index contributed by atoms with van der Waals surface area (Å²) in [4.78, 5) is 11.4. The Bertz CT molecular complexity index is 807. The van der Waals surface area contributed by atoms with E-state index in [9.17, 15) is 4.79 Å². The van der Waals surface area contributed by atoms with Crippen LogP contribution in [0, 0.1) is 6.92 Å². The van der Waals surface area contributed by atoms with Crippen LogP contribution >= 0.6 is 0 Å². The molecule has 0 atom stereocenters. The second-order valence-electron chi connectivity index (χ2n) is 5.02. The summed E-state index contributed by atoms with van der Waals surface area (Å²) in [5.41, 5.74) is 4.06. The fourth-order valence-electron chi connectivity index (χ4n) is 2.44. The number of nitrogens with zero attached hydrogens (tertiary/aromatic N) is 2. The highest BCUT2D eigenvalue weighted by Gasteiger charge is 2.12. The number of aryl methyl sites for hydroxylation is 1. The number of rotatable bonds is 4. The van der Waals surface area contributed by atoms with Gasteiger partial charge in [0, 0.05) is 11.8 Å². The quantitative estimate of drug-likeness (QED) is 0.689. The monoisotopic (exact) mass is 292 g/mol. The number of para-hydroxylation sites is 1. The van der Waals surface area contributed by atoms with E-state index in [2.05, 4.69) is 5.10 Å². The lowest BCUT2D eigenvalue weighted by Crippen LogP contribution is -1.94. The van der Waals surface area contributed by atoms with Crippen molar-refractivity contribution in [2.75, 3.05) is 7.11 Å². The van der Waals surface area contributed by atoms with Crippen LogP contribution in [-0.2, 0) is 0 Å². The van der Waals surface area contributed by atoms with E-state index in [-0.39, 0.29) is 0 Å². The van der Waals surface area contributed by atoms with Crippen LogP contribution in [0.2, 0.25) is 0 Å². The average Bonchev–Trinajstić information content (AvgIpc) is 3.00. The highest BCUT2D eigenvalue weighted by Crippen LogP contribution is 2.27. The van der Waals surface area contributed by atoms with Gasteiger partial charge in [0.1, 0.15) is 11.4 Å². The Hall–Kier alpha value is -2.88. The minimum absolute atomic E-state index is 0.563. The number of ether oxygens (including phenoxy) is 1. The van der Waals surface area contributed by atoms with Gasteiger partial charge in [-0.05, 0) is 42.8 Å². The first kappa shape index (κ1) is 14.1. The van der Waals surface area contributed by atoms with E-state index in [1.165, 1.54) is 0 Å². The maximum Gasteiger partial charge on any atom is 0.153 e. The van der Waals surface area contributed by atoms with Gasteiger partial charge in [-0.15, -0.1) is 0 Å². The van der Waals surface area contributed by atoms with Gasteiger partial charge in [-0.1, -0.05) is 18.2 Å². The van der Waals surface area contributed by atoms with E-state index in [0.717, 1.165) is 28.8 Å². The van der Waals surface area contributed by atoms with Gasteiger partial charge in [0.25, 0.3) is 0 Å². The lowest BCUT2D eigenvalue weighted by Gasteiger charge is -2.06. The Morgan fingerprint density at radius 3 is 2.55 bits per heavy atom. The number of hydrogen-bond acceptors (Lipinski definition) is 3. The number of carbonyl (C=O) groups excluding carboxylic acids is 1. The molecule has 0 spiro atoms. The van der Waals surface area contributed by atoms with Crippen LogP contribution in [0.15, 0.2) is 54.7 Å². The third kappa shape index (κ3) is 2.51. The zero-order valence-electron chi connectivity index (χ0n) is 12.5. The molecule has 0 aliphatic carbocycles. The predicted molar refractivity (Wildman–Crippen MR) is 85.7 cm³/mol. The van der Waals surface area contributed by atoms with Crippen molar-refractivity contribution < 1.29 is 9.53 Å². The summed E-state index contributed by atoms with van der Waals surface area (Å²) in [5, 5.41) is 4.56. The molecule has 4 nitrogen and oxygen atoms in total. The summed E-state index contributed by atoms with van der Waals surface area (Å²) in [6.07, 6.45) is 2.58. The molecule has 3 rings (SSSR count). The summed E-state index contributed by atoms with van der Waals surface area (Å²) in [7, 11) is 1.64. The summed E-state index contributed by atoms with van der Waals surface area (Å²) < 4.78 is 6.99. The van der Waals surface area contributed by atoms with Gasteiger partial charge in [0.15, 0.2) is 6.29 Å². The molecule has 0 fully saturated rings. The van der Waals surface area contributed by atoms with Crippen LogP contribution in [0.5, 0.6) is 5.75 Å². The Morgan fingerprint density at radius 2 is 1.91 bits per heavy atom. The molecule has 0 N–H and O–H groups in total. The molecule has 2 aromatic carbocycles. The van der Waals surface area contributed by atoms with Crippen LogP contribution in [-0.4, -0.2) is 23.2 Å². The molecule has 0 saturated carbocycles. The first-order chi connectivity index (χ1) is 10.7. The van der Waals surface area contributed by atoms with Gasteiger partial charge in [0.05, 0.1) is 18.4 Å². The van der Waals surface area contributed by atoms with Gasteiger partial charge in [-0.25, -0.2) is 4.68 Å². The number of methoxy groups -OCH3 is 1. The molecular formula is C18H16N2O2. The number of benzene rings is 2. The van der Waals surface area contributed by atoms with E-state index in [0.29, 0.717) is 11.3 Å². The highest BCUT2D eigenvalue weighted by molar-refractivity contribution is 5.85. The highest BCUT2D eigenvalue weighted by atomic mass is 16.5. The molecule has 3 aromatic rings. The smallest absolute Gasteiger partial charge is 0.153 e. The zero-order valence-corrected chi connectivity index (χ0v) is 12.5. The average molecular weight is 292 g/mol. The predicted octanol–water partition coefficient (Wildman–Crippen LogP) is 3.67. The third-order valence-electron chi connectivity index (χ3n) is 3.56. The molecule has 0 amide bonds.